The van der Waals surface area contributed by atoms with Gasteiger partial charge in [-0.1, -0.05) is 38.7 Å². The number of unbranched alkanes of at least 4 members (excludes halogenated alkanes) is 4. The average molecular weight is 427 g/mol. The number of aryl methyl sites for hydroxylation is 1. The monoisotopic (exact) mass is 427 g/mol. The second-order valence-corrected chi connectivity index (χ2v) is 7.92. The lowest BCUT2D eigenvalue weighted by atomic mass is 10.0. The lowest BCUT2D eigenvalue weighted by Gasteiger charge is -2.16. The lowest BCUT2D eigenvalue weighted by molar-refractivity contribution is -0.139. The van der Waals surface area contributed by atoms with E-state index in [0.717, 1.165) is 31.7 Å². The molecule has 4 N–H and O–H groups in total. The van der Waals surface area contributed by atoms with Gasteiger partial charge in [-0.25, -0.2) is 4.57 Å². The van der Waals surface area contributed by atoms with Crippen LogP contribution in [0.25, 0.3) is 0 Å². The average Bonchev–Trinajstić information content (AvgIpc) is 2.60. The molecule has 1 atom stereocenters. The van der Waals surface area contributed by atoms with Gasteiger partial charge in [0.2, 0.25) is 0 Å². The predicted molar refractivity (Wildman–Crippen MR) is 100.0 cm³/mol. The van der Waals surface area contributed by atoms with Crippen molar-refractivity contribution in [2.45, 2.75) is 64.1 Å². The Labute approximate surface area is 163 Å². The normalized spacial score (nSPS) is 13.5. The van der Waals surface area contributed by atoms with Crippen LogP contribution < -0.4 is 10.5 Å². The summed E-state index contributed by atoms with van der Waals surface area (Å²) < 4.78 is 60.3. The molecule has 0 aliphatic rings. The molecule has 0 heterocycles. The summed E-state index contributed by atoms with van der Waals surface area (Å²) in [6.07, 6.45) is 0.742. The van der Waals surface area contributed by atoms with Crippen molar-refractivity contribution in [1.82, 2.24) is 0 Å². The van der Waals surface area contributed by atoms with Gasteiger partial charge in [-0.3, -0.25) is 4.52 Å². The maximum absolute atomic E-state index is 13.3. The standard InChI is InChI=1S/C18H29F3NO5P/c1-2-3-4-5-6-11-26-17-10-8-14(12-16(17)18(19,20)21)7-9-15(22)13-27-28(23,24)25/h8,10,12,15H,2-7,9,11,13,22H2,1H3,(H2,23,24,25)/t15-/m0/s1. The van der Waals surface area contributed by atoms with Crippen LogP contribution in [0.1, 0.15) is 56.6 Å². The van der Waals surface area contributed by atoms with Crippen LogP contribution in [0.2, 0.25) is 0 Å². The van der Waals surface area contributed by atoms with Crippen LogP contribution in [0.3, 0.4) is 0 Å². The zero-order valence-corrected chi connectivity index (χ0v) is 16.8. The quantitative estimate of drug-likeness (QED) is 0.318. The number of nitrogens with two attached hydrogens (primary N) is 1. The van der Waals surface area contributed by atoms with Crippen LogP contribution in [-0.4, -0.2) is 29.0 Å². The lowest BCUT2D eigenvalue weighted by Crippen LogP contribution is -2.26. The van der Waals surface area contributed by atoms with E-state index in [-0.39, 0.29) is 31.8 Å². The van der Waals surface area contributed by atoms with E-state index in [2.05, 4.69) is 11.4 Å². The molecule has 0 unspecified atom stereocenters. The summed E-state index contributed by atoms with van der Waals surface area (Å²) in [7, 11) is -4.62. The summed E-state index contributed by atoms with van der Waals surface area (Å²) in [6, 6.07) is 3.17. The van der Waals surface area contributed by atoms with Crippen molar-refractivity contribution < 1.29 is 36.8 Å². The Bertz CT molecular complexity index is 636. The molecule has 0 fully saturated rings. The largest absolute Gasteiger partial charge is 0.493 e. The molecule has 0 saturated heterocycles. The molecule has 1 aromatic carbocycles. The van der Waals surface area contributed by atoms with Crippen LogP contribution in [0.4, 0.5) is 13.2 Å². The molecule has 0 saturated carbocycles. The van der Waals surface area contributed by atoms with Crippen LogP contribution in [0.5, 0.6) is 5.75 Å². The van der Waals surface area contributed by atoms with E-state index in [4.69, 9.17) is 20.3 Å². The molecule has 6 nitrogen and oxygen atoms in total. The van der Waals surface area contributed by atoms with E-state index in [1.807, 2.05) is 0 Å². The molecular formula is C18H29F3NO5P. The molecule has 0 aliphatic heterocycles. The van der Waals surface area contributed by atoms with Gasteiger partial charge in [-0.2, -0.15) is 13.2 Å². The molecule has 0 aliphatic carbocycles. The van der Waals surface area contributed by atoms with Gasteiger partial charge >= 0.3 is 14.0 Å². The Balaban J connectivity index is 2.64. The highest BCUT2D eigenvalue weighted by Crippen LogP contribution is 2.37. The molecule has 0 aromatic heterocycles. The Morgan fingerprint density at radius 2 is 1.86 bits per heavy atom. The minimum absolute atomic E-state index is 0.194. The highest BCUT2D eigenvalue weighted by molar-refractivity contribution is 7.46. The summed E-state index contributed by atoms with van der Waals surface area (Å²) in [5.41, 5.74) is 5.26. The van der Waals surface area contributed by atoms with E-state index >= 15 is 0 Å². The molecule has 1 aromatic rings. The number of rotatable bonds is 13. The first-order chi connectivity index (χ1) is 13.0. The zero-order chi connectivity index (χ0) is 21.2. The van der Waals surface area contributed by atoms with Crippen molar-refractivity contribution in [2.75, 3.05) is 13.2 Å². The highest BCUT2D eigenvalue weighted by atomic mass is 31.2. The summed E-state index contributed by atoms with van der Waals surface area (Å²) in [5, 5.41) is 0. The number of phosphoric ester groups is 1. The minimum atomic E-state index is -4.62. The number of hydrogen-bond donors (Lipinski definition) is 3. The molecule has 1 rings (SSSR count). The summed E-state index contributed by atoms with van der Waals surface area (Å²) >= 11 is 0. The van der Waals surface area contributed by atoms with Gasteiger partial charge in [0.15, 0.2) is 0 Å². The number of ether oxygens (including phenoxy) is 1. The number of benzene rings is 1. The number of phosphoric acid groups is 1. The van der Waals surface area contributed by atoms with Gasteiger partial charge in [-0.05, 0) is 37.0 Å². The summed E-state index contributed by atoms with van der Waals surface area (Å²) in [5.74, 6) is -0.194. The number of hydrogen-bond acceptors (Lipinski definition) is 4. The Kier molecular flexibility index (Phi) is 10.5. The van der Waals surface area contributed by atoms with Crippen LogP contribution in [0.15, 0.2) is 18.2 Å². The molecule has 0 spiro atoms. The first kappa shape index (κ1) is 24.9. The van der Waals surface area contributed by atoms with Gasteiger partial charge in [-0.15, -0.1) is 0 Å². The fourth-order valence-corrected chi connectivity index (χ4v) is 2.98. The van der Waals surface area contributed by atoms with E-state index in [1.54, 1.807) is 0 Å². The fraction of sp³-hybridized carbons (Fsp3) is 0.667. The van der Waals surface area contributed by atoms with E-state index in [1.165, 1.54) is 12.1 Å². The second-order valence-electron chi connectivity index (χ2n) is 6.68. The van der Waals surface area contributed by atoms with E-state index < -0.39 is 25.6 Å². The SMILES string of the molecule is CCCCCCCOc1ccc(CC[C@H](N)COP(=O)(O)O)cc1C(F)(F)F. The molecule has 28 heavy (non-hydrogen) atoms. The molecule has 0 amide bonds. The Morgan fingerprint density at radius 3 is 2.46 bits per heavy atom. The Hall–Kier alpha value is -1.12. The molecule has 162 valence electrons. The van der Waals surface area contributed by atoms with Crippen LogP contribution >= 0.6 is 7.82 Å². The van der Waals surface area contributed by atoms with E-state index in [0.29, 0.717) is 12.0 Å². The Morgan fingerprint density at radius 1 is 1.18 bits per heavy atom. The number of alkyl halides is 3. The van der Waals surface area contributed by atoms with Crippen LogP contribution in [-0.2, 0) is 21.7 Å². The summed E-state index contributed by atoms with van der Waals surface area (Å²) in [4.78, 5) is 17.3. The van der Waals surface area contributed by atoms with Gasteiger partial charge in [0.1, 0.15) is 5.75 Å². The molecular weight excluding hydrogens is 398 g/mol. The first-order valence-corrected chi connectivity index (χ1v) is 10.8. The van der Waals surface area contributed by atoms with Gasteiger partial charge in [0.25, 0.3) is 0 Å². The van der Waals surface area contributed by atoms with Crippen molar-refractivity contribution in [2.24, 2.45) is 5.73 Å². The maximum atomic E-state index is 13.3. The minimum Gasteiger partial charge on any atom is -0.493 e. The first-order valence-electron chi connectivity index (χ1n) is 9.31. The second kappa shape index (κ2) is 11.8. The van der Waals surface area contributed by atoms with Crippen molar-refractivity contribution in [3.8, 4) is 5.75 Å². The third-order valence-electron chi connectivity index (χ3n) is 4.12. The van der Waals surface area contributed by atoms with Crippen molar-refractivity contribution in [3.63, 3.8) is 0 Å². The molecule has 10 heteroatoms. The van der Waals surface area contributed by atoms with Crippen LogP contribution in [0, 0.1) is 0 Å². The van der Waals surface area contributed by atoms with Gasteiger partial charge < -0.3 is 20.3 Å². The summed E-state index contributed by atoms with van der Waals surface area (Å²) in [6.45, 7) is 1.94. The number of halogens is 3. The van der Waals surface area contributed by atoms with Crippen molar-refractivity contribution >= 4 is 7.82 Å². The highest BCUT2D eigenvalue weighted by Gasteiger charge is 2.34. The third kappa shape index (κ3) is 10.4. The van der Waals surface area contributed by atoms with E-state index in [9.17, 15) is 17.7 Å². The topological polar surface area (TPSA) is 102 Å². The van der Waals surface area contributed by atoms with Gasteiger partial charge in [0.05, 0.1) is 18.8 Å². The fourth-order valence-electron chi connectivity index (χ4n) is 2.60. The molecule has 0 radical (unpaired) electrons. The third-order valence-corrected chi connectivity index (χ3v) is 4.60. The smallest absolute Gasteiger partial charge is 0.469 e. The van der Waals surface area contributed by atoms with Crippen molar-refractivity contribution in [3.05, 3.63) is 29.3 Å². The molecule has 0 bridgehead atoms. The van der Waals surface area contributed by atoms with Crippen molar-refractivity contribution in [1.29, 1.82) is 0 Å². The maximum Gasteiger partial charge on any atom is 0.469 e. The predicted octanol–water partition coefficient (Wildman–Crippen LogP) is 4.42. The zero-order valence-electron chi connectivity index (χ0n) is 16.0. The van der Waals surface area contributed by atoms with Gasteiger partial charge in [0, 0.05) is 6.04 Å².